The highest BCUT2D eigenvalue weighted by Gasteiger charge is 2.10. The quantitative estimate of drug-likeness (QED) is 0.330. The minimum absolute atomic E-state index is 0.00992. The average molecular weight is 427 g/mol. The molecule has 2 aromatic carbocycles. The molecule has 0 radical (unpaired) electrons. The van der Waals surface area contributed by atoms with Crippen molar-refractivity contribution in [2.24, 2.45) is 5.10 Å². The second kappa shape index (κ2) is 7.20. The van der Waals surface area contributed by atoms with Crippen molar-refractivity contribution in [1.29, 1.82) is 0 Å². The third-order valence-electron chi connectivity index (χ3n) is 3.86. The van der Waals surface area contributed by atoms with Crippen LogP contribution in [0.1, 0.15) is 12.5 Å². The van der Waals surface area contributed by atoms with Gasteiger partial charge in [0.05, 0.1) is 12.8 Å². The van der Waals surface area contributed by atoms with Crippen molar-refractivity contribution in [3.05, 3.63) is 46.4 Å². The van der Waals surface area contributed by atoms with E-state index in [4.69, 9.17) is 4.74 Å². The first-order valence-electron chi connectivity index (χ1n) is 8.21. The summed E-state index contributed by atoms with van der Waals surface area (Å²) < 4.78 is 6.17. The Morgan fingerprint density at radius 2 is 2.15 bits per heavy atom. The second-order valence-electron chi connectivity index (χ2n) is 5.65. The molecule has 0 amide bonds. The van der Waals surface area contributed by atoms with Crippen molar-refractivity contribution in [1.82, 2.24) is 20.2 Å². The fourth-order valence-corrected chi connectivity index (χ4v) is 3.14. The van der Waals surface area contributed by atoms with Crippen molar-refractivity contribution in [2.75, 3.05) is 12.0 Å². The smallest absolute Gasteiger partial charge is 0.265 e. The van der Waals surface area contributed by atoms with E-state index < -0.39 is 0 Å². The first kappa shape index (κ1) is 17.2. The van der Waals surface area contributed by atoms with Gasteiger partial charge in [-0.15, -0.1) is 10.2 Å². The number of aromatic amines is 1. The Kier molecular flexibility index (Phi) is 4.59. The summed E-state index contributed by atoms with van der Waals surface area (Å²) in [5.74, 6) is 0.631. The van der Waals surface area contributed by atoms with Gasteiger partial charge in [-0.25, -0.2) is 5.43 Å². The molecule has 0 atom stereocenters. The highest BCUT2D eigenvalue weighted by Crippen LogP contribution is 2.33. The molecule has 0 spiro atoms. The predicted octanol–water partition coefficient (Wildman–Crippen LogP) is 3.82. The molecule has 9 heteroatoms. The van der Waals surface area contributed by atoms with Gasteiger partial charge >= 0.3 is 0 Å². The molecule has 27 heavy (non-hydrogen) atoms. The highest BCUT2D eigenvalue weighted by atomic mass is 79.9. The third kappa shape index (κ3) is 3.41. The molecule has 3 N–H and O–H groups in total. The van der Waals surface area contributed by atoms with Gasteiger partial charge in [0.15, 0.2) is 17.1 Å². The summed E-state index contributed by atoms with van der Waals surface area (Å²) in [4.78, 5) is 7.58. The van der Waals surface area contributed by atoms with Gasteiger partial charge in [0.1, 0.15) is 5.52 Å². The summed E-state index contributed by atoms with van der Waals surface area (Å²) in [5, 5.41) is 23.6. The fraction of sp³-hybridized carbons (Fsp3) is 0.111. The number of hydrogen-bond acceptors (Lipinski definition) is 7. The number of aromatic hydroxyl groups is 1. The molecule has 0 saturated carbocycles. The molecule has 4 aromatic rings. The second-order valence-corrected chi connectivity index (χ2v) is 6.56. The molecule has 4 rings (SSSR count). The molecule has 8 nitrogen and oxygen atoms in total. The number of benzene rings is 2. The fourth-order valence-electron chi connectivity index (χ4n) is 2.69. The van der Waals surface area contributed by atoms with Gasteiger partial charge in [-0.2, -0.15) is 10.1 Å². The van der Waals surface area contributed by atoms with Crippen LogP contribution in [0.5, 0.6) is 11.5 Å². The van der Waals surface area contributed by atoms with Gasteiger partial charge in [-0.3, -0.25) is 0 Å². The number of aromatic nitrogens is 4. The van der Waals surface area contributed by atoms with Gasteiger partial charge in [0.25, 0.3) is 5.95 Å². The molecular formula is C18H15BrN6O2. The van der Waals surface area contributed by atoms with Crippen molar-refractivity contribution in [2.45, 2.75) is 6.92 Å². The Balaban J connectivity index is 1.59. The lowest BCUT2D eigenvalue weighted by atomic mass is 10.2. The number of hydrazone groups is 1. The van der Waals surface area contributed by atoms with E-state index >= 15 is 0 Å². The Hall–Kier alpha value is -3.20. The number of rotatable bonds is 5. The van der Waals surface area contributed by atoms with Gasteiger partial charge in [0, 0.05) is 20.9 Å². The number of halogens is 1. The lowest BCUT2D eigenvalue weighted by molar-refractivity contribution is 0.317. The summed E-state index contributed by atoms with van der Waals surface area (Å²) in [6, 6.07) is 11.2. The normalized spacial score (nSPS) is 11.5. The van der Waals surface area contributed by atoms with E-state index in [1.165, 1.54) is 6.21 Å². The molecule has 0 saturated heterocycles. The molecule has 2 aromatic heterocycles. The van der Waals surface area contributed by atoms with Gasteiger partial charge in [-0.1, -0.05) is 34.1 Å². The molecule has 2 heterocycles. The lowest BCUT2D eigenvalue weighted by Crippen LogP contribution is -1.99. The van der Waals surface area contributed by atoms with Crippen molar-refractivity contribution >= 4 is 50.2 Å². The van der Waals surface area contributed by atoms with E-state index in [0.29, 0.717) is 29.1 Å². The zero-order chi connectivity index (χ0) is 18.8. The van der Waals surface area contributed by atoms with Crippen molar-refractivity contribution in [3.8, 4) is 11.5 Å². The number of phenols is 1. The van der Waals surface area contributed by atoms with Crippen LogP contribution in [0.15, 0.2) is 46.0 Å². The first-order chi connectivity index (χ1) is 13.2. The maximum atomic E-state index is 10.3. The number of H-pyrrole nitrogens is 1. The van der Waals surface area contributed by atoms with E-state index in [0.717, 1.165) is 15.4 Å². The van der Waals surface area contributed by atoms with Crippen LogP contribution < -0.4 is 10.2 Å². The number of nitrogens with zero attached hydrogens (tertiary/aromatic N) is 4. The zero-order valence-corrected chi connectivity index (χ0v) is 15.9. The Labute approximate surface area is 162 Å². The number of hydrogen-bond donors (Lipinski definition) is 3. The van der Waals surface area contributed by atoms with Gasteiger partial charge < -0.3 is 14.8 Å². The predicted molar refractivity (Wildman–Crippen MR) is 107 cm³/mol. The number of anilines is 1. The number of fused-ring (bicyclic) bond motifs is 3. The van der Waals surface area contributed by atoms with E-state index in [9.17, 15) is 5.11 Å². The zero-order valence-electron chi connectivity index (χ0n) is 14.3. The molecule has 136 valence electrons. The molecule has 0 aliphatic heterocycles. The van der Waals surface area contributed by atoms with E-state index in [-0.39, 0.29) is 11.7 Å². The summed E-state index contributed by atoms with van der Waals surface area (Å²) in [6.45, 7) is 2.29. The van der Waals surface area contributed by atoms with E-state index in [2.05, 4.69) is 46.6 Å². The minimum Gasteiger partial charge on any atom is -0.504 e. The SMILES string of the molecule is CCOc1cc(Br)cc(C=NNc2nnc3c(n2)[nH]c2ccccc23)c1O. The van der Waals surface area contributed by atoms with Crippen LogP contribution in [0, 0.1) is 0 Å². The Morgan fingerprint density at radius 3 is 3.00 bits per heavy atom. The lowest BCUT2D eigenvalue weighted by Gasteiger charge is -2.08. The minimum atomic E-state index is 0.00992. The van der Waals surface area contributed by atoms with Gasteiger partial charge in [-0.05, 0) is 25.1 Å². The molecule has 0 aliphatic rings. The van der Waals surface area contributed by atoms with Crippen molar-refractivity contribution in [3.63, 3.8) is 0 Å². The average Bonchev–Trinajstić information content (AvgIpc) is 3.03. The number of phenolic OH excluding ortho intramolecular Hbond substituents is 1. The summed E-state index contributed by atoms with van der Waals surface area (Å²) >= 11 is 3.39. The topological polar surface area (TPSA) is 108 Å². The maximum Gasteiger partial charge on any atom is 0.265 e. The van der Waals surface area contributed by atoms with E-state index in [1.807, 2.05) is 31.2 Å². The number of para-hydroxylation sites is 1. The molecule has 0 unspecified atom stereocenters. The standard InChI is InChI=1S/C18H15BrN6O2/c1-2-27-14-8-11(19)7-10(16(14)26)9-20-24-18-22-17-15(23-25-18)12-5-3-4-6-13(12)21-17/h3-9,26H,2H2,1H3,(H2,21,22,24,25). The molecular weight excluding hydrogens is 412 g/mol. The van der Waals surface area contributed by atoms with E-state index in [1.54, 1.807) is 12.1 Å². The van der Waals surface area contributed by atoms with Gasteiger partial charge in [0.2, 0.25) is 0 Å². The molecule has 0 aliphatic carbocycles. The van der Waals surface area contributed by atoms with Crippen LogP contribution in [0.4, 0.5) is 5.95 Å². The van der Waals surface area contributed by atoms with Crippen LogP contribution in [0.25, 0.3) is 22.1 Å². The maximum absolute atomic E-state index is 10.3. The monoisotopic (exact) mass is 426 g/mol. The Morgan fingerprint density at radius 1 is 1.30 bits per heavy atom. The van der Waals surface area contributed by atoms with Crippen LogP contribution in [0.2, 0.25) is 0 Å². The van der Waals surface area contributed by atoms with Crippen LogP contribution in [0.3, 0.4) is 0 Å². The number of ether oxygens (including phenoxy) is 1. The molecule has 0 fully saturated rings. The Bertz CT molecular complexity index is 1160. The highest BCUT2D eigenvalue weighted by molar-refractivity contribution is 9.10. The third-order valence-corrected chi connectivity index (χ3v) is 4.32. The van der Waals surface area contributed by atoms with Crippen LogP contribution in [-0.4, -0.2) is 38.1 Å². The number of nitrogens with one attached hydrogen (secondary N) is 2. The molecule has 0 bridgehead atoms. The first-order valence-corrected chi connectivity index (χ1v) is 9.00. The van der Waals surface area contributed by atoms with Crippen molar-refractivity contribution < 1.29 is 9.84 Å². The summed E-state index contributed by atoms with van der Waals surface area (Å²) in [6.07, 6.45) is 1.46. The largest absolute Gasteiger partial charge is 0.504 e. The van der Waals surface area contributed by atoms with Crippen LogP contribution >= 0.6 is 15.9 Å². The van der Waals surface area contributed by atoms with Crippen LogP contribution in [-0.2, 0) is 0 Å². The summed E-state index contributed by atoms with van der Waals surface area (Å²) in [5.41, 5.74) is 5.47. The summed E-state index contributed by atoms with van der Waals surface area (Å²) in [7, 11) is 0.